The number of rotatable bonds is 8. The van der Waals surface area contributed by atoms with Crippen molar-refractivity contribution in [2.24, 2.45) is 0 Å². The highest BCUT2D eigenvalue weighted by molar-refractivity contribution is 7.12. The summed E-state index contributed by atoms with van der Waals surface area (Å²) in [6.45, 7) is 2.01. The summed E-state index contributed by atoms with van der Waals surface area (Å²) < 4.78 is 0. The summed E-state index contributed by atoms with van der Waals surface area (Å²) >= 11 is 1.43. The van der Waals surface area contributed by atoms with Crippen LogP contribution in [0.2, 0.25) is 0 Å². The van der Waals surface area contributed by atoms with E-state index in [0.29, 0.717) is 18.0 Å². The number of hydrogen-bond acceptors (Lipinski definition) is 5. The molecule has 5 rings (SSSR count). The molecule has 0 bridgehead atoms. The minimum absolute atomic E-state index is 0.0765. The maximum Gasteiger partial charge on any atom is 0.263 e. The number of carbonyl (C=O) groups is 1. The number of aromatic nitrogens is 3. The second-order valence-corrected chi connectivity index (χ2v) is 8.13. The lowest BCUT2D eigenvalue weighted by molar-refractivity contribution is 0.0958. The molecule has 0 fully saturated rings. The van der Waals surface area contributed by atoms with E-state index in [1.807, 2.05) is 36.0 Å². The van der Waals surface area contributed by atoms with Crippen LogP contribution in [0.3, 0.4) is 0 Å². The van der Waals surface area contributed by atoms with Crippen LogP contribution in [0, 0.1) is 0 Å². The Kier molecular flexibility index (Phi) is 5.39. The SMILES string of the molecule is O=C(NCCNCc1ccc2[nH]ccc2c1)c1sccc1Nc1ccnc2[nH]ccc12. The van der Waals surface area contributed by atoms with Crippen LogP contribution in [-0.4, -0.2) is 33.9 Å². The first kappa shape index (κ1) is 19.3. The lowest BCUT2D eigenvalue weighted by Crippen LogP contribution is -2.31. The average Bonchev–Trinajstić information content (AvgIpc) is 3.53. The van der Waals surface area contributed by atoms with Gasteiger partial charge in [0, 0.05) is 49.1 Å². The molecule has 0 aliphatic carbocycles. The van der Waals surface area contributed by atoms with Gasteiger partial charge in [-0.25, -0.2) is 4.98 Å². The van der Waals surface area contributed by atoms with E-state index >= 15 is 0 Å². The van der Waals surface area contributed by atoms with Crippen molar-refractivity contribution in [3.05, 3.63) is 76.9 Å². The first-order valence-corrected chi connectivity index (χ1v) is 11.0. The van der Waals surface area contributed by atoms with Gasteiger partial charge in [0.05, 0.1) is 11.4 Å². The maximum atomic E-state index is 12.7. The summed E-state index contributed by atoms with van der Waals surface area (Å²) in [6.07, 6.45) is 5.54. The van der Waals surface area contributed by atoms with E-state index in [4.69, 9.17) is 0 Å². The third kappa shape index (κ3) is 4.16. The second kappa shape index (κ2) is 8.63. The van der Waals surface area contributed by atoms with Gasteiger partial charge in [0.15, 0.2) is 0 Å². The number of aromatic amines is 2. The average molecular weight is 431 g/mol. The minimum Gasteiger partial charge on any atom is -0.361 e. The van der Waals surface area contributed by atoms with Crippen molar-refractivity contribution in [3.8, 4) is 0 Å². The van der Waals surface area contributed by atoms with Crippen molar-refractivity contribution in [1.82, 2.24) is 25.6 Å². The van der Waals surface area contributed by atoms with Crippen molar-refractivity contribution in [3.63, 3.8) is 0 Å². The molecule has 7 nitrogen and oxygen atoms in total. The van der Waals surface area contributed by atoms with Gasteiger partial charge in [-0.2, -0.15) is 0 Å². The molecule has 4 aromatic heterocycles. The third-order valence-corrected chi connectivity index (χ3v) is 6.05. The topological polar surface area (TPSA) is 97.6 Å². The Morgan fingerprint density at radius 1 is 1.00 bits per heavy atom. The summed E-state index contributed by atoms with van der Waals surface area (Å²) in [5.74, 6) is -0.0765. The quantitative estimate of drug-likeness (QED) is 0.236. The Balaban J connectivity index is 1.14. The first-order chi connectivity index (χ1) is 15.3. The van der Waals surface area contributed by atoms with E-state index in [-0.39, 0.29) is 5.91 Å². The van der Waals surface area contributed by atoms with Crippen molar-refractivity contribution in [1.29, 1.82) is 0 Å². The second-order valence-electron chi connectivity index (χ2n) is 7.22. The molecule has 0 spiro atoms. The van der Waals surface area contributed by atoms with E-state index < -0.39 is 0 Å². The predicted molar refractivity (Wildman–Crippen MR) is 126 cm³/mol. The van der Waals surface area contributed by atoms with Gasteiger partial charge in [-0.1, -0.05) is 6.07 Å². The lowest BCUT2D eigenvalue weighted by Gasteiger charge is -2.10. The van der Waals surface area contributed by atoms with Gasteiger partial charge in [0.1, 0.15) is 10.5 Å². The fourth-order valence-corrected chi connectivity index (χ4v) is 4.35. The first-order valence-electron chi connectivity index (χ1n) is 10.1. The van der Waals surface area contributed by atoms with Gasteiger partial charge in [-0.3, -0.25) is 4.79 Å². The zero-order chi connectivity index (χ0) is 21.0. The van der Waals surface area contributed by atoms with Crippen LogP contribution in [-0.2, 0) is 6.54 Å². The summed E-state index contributed by atoms with van der Waals surface area (Å²) in [6, 6.07) is 14.2. The largest absolute Gasteiger partial charge is 0.361 e. The van der Waals surface area contributed by atoms with Crippen LogP contribution in [0.25, 0.3) is 21.9 Å². The zero-order valence-electron chi connectivity index (χ0n) is 16.7. The van der Waals surface area contributed by atoms with Crippen LogP contribution in [0.5, 0.6) is 0 Å². The number of amides is 1. The number of hydrogen-bond donors (Lipinski definition) is 5. The molecule has 5 aromatic rings. The zero-order valence-corrected chi connectivity index (χ0v) is 17.6. The highest BCUT2D eigenvalue weighted by atomic mass is 32.1. The molecule has 8 heteroatoms. The number of H-pyrrole nitrogens is 2. The predicted octanol–water partition coefficient (Wildman–Crippen LogP) is 4.37. The Hall–Kier alpha value is -3.62. The molecule has 0 radical (unpaired) electrons. The van der Waals surface area contributed by atoms with Crippen LogP contribution >= 0.6 is 11.3 Å². The fraction of sp³-hybridized carbons (Fsp3) is 0.130. The van der Waals surface area contributed by atoms with Gasteiger partial charge in [-0.15, -0.1) is 11.3 Å². The van der Waals surface area contributed by atoms with Crippen LogP contribution in [0.1, 0.15) is 15.2 Å². The van der Waals surface area contributed by atoms with Crippen LogP contribution in [0.4, 0.5) is 11.4 Å². The summed E-state index contributed by atoms with van der Waals surface area (Å²) in [4.78, 5) is 24.0. The number of pyridine rings is 1. The summed E-state index contributed by atoms with van der Waals surface area (Å²) in [5.41, 5.74) is 4.88. The van der Waals surface area contributed by atoms with E-state index in [1.54, 1.807) is 6.20 Å². The Labute approximate surface area is 182 Å². The van der Waals surface area contributed by atoms with E-state index in [0.717, 1.165) is 34.5 Å². The Morgan fingerprint density at radius 3 is 2.90 bits per heavy atom. The lowest BCUT2D eigenvalue weighted by atomic mass is 10.1. The van der Waals surface area contributed by atoms with Crippen molar-refractivity contribution in [2.75, 3.05) is 18.4 Å². The molecule has 0 aliphatic heterocycles. The number of benzene rings is 1. The molecular formula is C23H22N6OS. The summed E-state index contributed by atoms with van der Waals surface area (Å²) in [5, 5.41) is 13.9. The molecule has 156 valence electrons. The van der Waals surface area contributed by atoms with Gasteiger partial charge < -0.3 is 25.9 Å². The molecule has 31 heavy (non-hydrogen) atoms. The monoisotopic (exact) mass is 430 g/mol. The van der Waals surface area contributed by atoms with E-state index in [2.05, 4.69) is 55.2 Å². The highest BCUT2D eigenvalue weighted by Crippen LogP contribution is 2.29. The number of anilines is 2. The smallest absolute Gasteiger partial charge is 0.263 e. The van der Waals surface area contributed by atoms with E-state index in [1.165, 1.54) is 22.3 Å². The molecule has 0 atom stereocenters. The van der Waals surface area contributed by atoms with Crippen LogP contribution < -0.4 is 16.0 Å². The van der Waals surface area contributed by atoms with Gasteiger partial charge in [0.2, 0.25) is 0 Å². The van der Waals surface area contributed by atoms with Gasteiger partial charge in [-0.05, 0) is 52.7 Å². The molecule has 0 saturated heterocycles. The number of thiophene rings is 1. The van der Waals surface area contributed by atoms with Crippen LogP contribution in [0.15, 0.2) is 66.4 Å². The number of nitrogens with zero attached hydrogens (tertiary/aromatic N) is 1. The Morgan fingerprint density at radius 2 is 1.94 bits per heavy atom. The molecule has 4 heterocycles. The highest BCUT2D eigenvalue weighted by Gasteiger charge is 2.14. The van der Waals surface area contributed by atoms with Crippen molar-refractivity contribution < 1.29 is 4.79 Å². The van der Waals surface area contributed by atoms with Gasteiger partial charge >= 0.3 is 0 Å². The normalized spacial score (nSPS) is 11.2. The molecule has 0 aliphatic rings. The molecule has 0 unspecified atom stereocenters. The molecule has 1 aromatic carbocycles. The number of nitrogens with one attached hydrogen (secondary N) is 5. The maximum absolute atomic E-state index is 12.7. The molecule has 0 saturated carbocycles. The molecule has 5 N–H and O–H groups in total. The van der Waals surface area contributed by atoms with Crippen molar-refractivity contribution in [2.45, 2.75) is 6.54 Å². The summed E-state index contributed by atoms with van der Waals surface area (Å²) in [7, 11) is 0. The minimum atomic E-state index is -0.0765. The molecular weight excluding hydrogens is 408 g/mol. The number of fused-ring (bicyclic) bond motifs is 2. The number of carbonyl (C=O) groups excluding carboxylic acids is 1. The standard InChI is InChI=1S/C23H22N6OS/c30-23(28-11-10-24-14-15-1-2-18-16(13-15)3-7-25-18)21-20(6-12-31-21)29-19-5-9-27-22-17(19)4-8-26-22/h1-9,12-13,24-25H,10-11,14H2,(H,28,30)(H2,26,27,29). The molecule has 1 amide bonds. The fourth-order valence-electron chi connectivity index (χ4n) is 3.59. The van der Waals surface area contributed by atoms with Crippen molar-refractivity contribution >= 4 is 50.6 Å². The van der Waals surface area contributed by atoms with E-state index in [9.17, 15) is 4.79 Å². The Bertz CT molecular complexity index is 1330. The van der Waals surface area contributed by atoms with Gasteiger partial charge in [0.25, 0.3) is 5.91 Å². The third-order valence-electron chi connectivity index (χ3n) is 5.14.